The molecule has 0 aliphatic rings. The molecule has 0 aliphatic heterocycles. The lowest BCUT2D eigenvalue weighted by atomic mass is 10.1. The zero-order chi connectivity index (χ0) is 9.42. The van der Waals surface area contributed by atoms with E-state index in [9.17, 15) is 4.39 Å². The van der Waals surface area contributed by atoms with Crippen molar-refractivity contribution in [3.63, 3.8) is 0 Å². The molecule has 0 atom stereocenters. The van der Waals surface area contributed by atoms with Gasteiger partial charge in [-0.1, -0.05) is 13.8 Å². The quantitative estimate of drug-likeness (QED) is 0.717. The summed E-state index contributed by atoms with van der Waals surface area (Å²) in [5.41, 5.74) is 1.60. The van der Waals surface area contributed by atoms with Crippen molar-refractivity contribution in [1.29, 1.82) is 0 Å². The molecular weight excluding hydrogens is 167 g/mol. The van der Waals surface area contributed by atoms with Crippen LogP contribution in [0.4, 0.5) is 4.39 Å². The van der Waals surface area contributed by atoms with Gasteiger partial charge >= 0.3 is 0 Å². The minimum atomic E-state index is -0.288. The highest BCUT2D eigenvalue weighted by molar-refractivity contribution is 5.79. The molecule has 0 unspecified atom stereocenters. The Morgan fingerprint density at radius 1 is 1.46 bits per heavy atom. The van der Waals surface area contributed by atoms with E-state index in [2.05, 4.69) is 23.8 Å². The second-order valence-electron chi connectivity index (χ2n) is 3.46. The molecule has 2 aromatic heterocycles. The Morgan fingerprint density at radius 3 is 2.85 bits per heavy atom. The van der Waals surface area contributed by atoms with Gasteiger partial charge in [0.15, 0.2) is 5.82 Å². The molecule has 0 amide bonds. The van der Waals surface area contributed by atoms with Gasteiger partial charge in [-0.15, -0.1) is 0 Å². The van der Waals surface area contributed by atoms with E-state index in [1.165, 1.54) is 6.20 Å². The van der Waals surface area contributed by atoms with Gasteiger partial charge in [0, 0.05) is 18.7 Å². The summed E-state index contributed by atoms with van der Waals surface area (Å²) < 4.78 is 13.2. The Bertz CT molecular complexity index is 437. The minimum Gasteiger partial charge on any atom is -0.356 e. The molecule has 2 rings (SSSR count). The van der Waals surface area contributed by atoms with Gasteiger partial charge in [-0.25, -0.2) is 4.39 Å². The van der Waals surface area contributed by atoms with Crippen LogP contribution >= 0.6 is 0 Å². The van der Waals surface area contributed by atoms with Gasteiger partial charge in [0.05, 0.1) is 11.7 Å². The fourth-order valence-electron chi connectivity index (χ4n) is 1.35. The summed E-state index contributed by atoms with van der Waals surface area (Å²) in [7, 11) is 0. The van der Waals surface area contributed by atoms with E-state index >= 15 is 0 Å². The fourth-order valence-corrected chi connectivity index (χ4v) is 1.35. The highest BCUT2D eigenvalue weighted by atomic mass is 19.1. The van der Waals surface area contributed by atoms with Crippen molar-refractivity contribution in [2.75, 3.05) is 0 Å². The fraction of sp³-hybridized carbons (Fsp3) is 0.300. The van der Waals surface area contributed by atoms with Crippen molar-refractivity contribution >= 4 is 10.9 Å². The van der Waals surface area contributed by atoms with Crippen molar-refractivity contribution in [3.8, 4) is 0 Å². The number of fused-ring (bicyclic) bond motifs is 1. The maximum Gasteiger partial charge on any atom is 0.165 e. The van der Waals surface area contributed by atoms with Crippen LogP contribution in [0.1, 0.15) is 26.9 Å². The van der Waals surface area contributed by atoms with Crippen LogP contribution < -0.4 is 0 Å². The Labute approximate surface area is 77.3 Å². The number of halogens is 1. The first-order chi connectivity index (χ1) is 6.18. The van der Waals surface area contributed by atoms with Crippen LogP contribution in [0.15, 0.2) is 18.5 Å². The lowest BCUT2D eigenvalue weighted by Crippen LogP contribution is -1.85. The average Bonchev–Trinajstić information content (AvgIpc) is 2.49. The van der Waals surface area contributed by atoms with E-state index in [4.69, 9.17) is 0 Å². The Balaban J connectivity index is 0.000000980. The van der Waals surface area contributed by atoms with E-state index < -0.39 is 0 Å². The van der Waals surface area contributed by atoms with Crippen molar-refractivity contribution in [2.24, 2.45) is 0 Å². The summed E-state index contributed by atoms with van der Waals surface area (Å²) in [6.45, 7) is 4.13. The lowest BCUT2D eigenvalue weighted by molar-refractivity contribution is 0.631. The molecule has 2 heterocycles. The minimum absolute atomic E-state index is 0. The molecule has 0 aliphatic carbocycles. The second kappa shape index (κ2) is 2.83. The van der Waals surface area contributed by atoms with Gasteiger partial charge in [-0.05, 0) is 12.0 Å². The Morgan fingerprint density at radius 2 is 2.23 bits per heavy atom. The van der Waals surface area contributed by atoms with Gasteiger partial charge in [0.2, 0.25) is 0 Å². The van der Waals surface area contributed by atoms with E-state index in [1.54, 1.807) is 6.20 Å². The standard InChI is InChI=1S/C10H11FN2.H2/c1-6(2)9-3-7-4-12-5-8(11)10(7)13-9;/h3-6,13H,1-2H3;1H. The van der Waals surface area contributed by atoms with Gasteiger partial charge in [-0.3, -0.25) is 4.98 Å². The highest BCUT2D eigenvalue weighted by Gasteiger charge is 2.07. The molecule has 1 N–H and O–H groups in total. The maximum absolute atomic E-state index is 13.2. The summed E-state index contributed by atoms with van der Waals surface area (Å²) >= 11 is 0. The zero-order valence-corrected chi connectivity index (χ0v) is 7.63. The van der Waals surface area contributed by atoms with Crippen molar-refractivity contribution in [3.05, 3.63) is 30.0 Å². The first-order valence-electron chi connectivity index (χ1n) is 4.30. The van der Waals surface area contributed by atoms with Crippen LogP contribution in [0, 0.1) is 5.82 Å². The summed E-state index contributed by atoms with van der Waals surface area (Å²) in [6.07, 6.45) is 2.89. The van der Waals surface area contributed by atoms with Gasteiger partial charge in [-0.2, -0.15) is 0 Å². The third-order valence-electron chi connectivity index (χ3n) is 2.13. The SMILES string of the molecule is CC(C)c1cc2cncc(F)c2[nH]1.[HH]. The molecule has 0 saturated carbocycles. The zero-order valence-electron chi connectivity index (χ0n) is 7.63. The van der Waals surface area contributed by atoms with Crippen LogP contribution in [0.2, 0.25) is 0 Å². The Kier molecular flexibility index (Phi) is 1.79. The molecule has 0 aromatic carbocycles. The molecule has 70 valence electrons. The second-order valence-corrected chi connectivity index (χ2v) is 3.46. The van der Waals surface area contributed by atoms with Crippen molar-refractivity contribution < 1.29 is 5.82 Å². The Hall–Kier alpha value is -1.38. The number of nitrogens with zero attached hydrogens (tertiary/aromatic N) is 1. The third kappa shape index (κ3) is 1.30. The molecule has 13 heavy (non-hydrogen) atoms. The number of pyridine rings is 1. The third-order valence-corrected chi connectivity index (χ3v) is 2.13. The monoisotopic (exact) mass is 180 g/mol. The molecule has 0 fully saturated rings. The van der Waals surface area contributed by atoms with Crippen LogP contribution in [-0.4, -0.2) is 9.97 Å². The largest absolute Gasteiger partial charge is 0.356 e. The maximum atomic E-state index is 13.2. The number of rotatable bonds is 1. The smallest absolute Gasteiger partial charge is 0.165 e. The number of aromatic amines is 1. The molecule has 0 bridgehead atoms. The summed E-state index contributed by atoms with van der Waals surface area (Å²) in [6, 6.07) is 1.94. The summed E-state index contributed by atoms with van der Waals surface area (Å²) in [4.78, 5) is 6.84. The summed E-state index contributed by atoms with van der Waals surface area (Å²) in [5, 5.41) is 0.837. The van der Waals surface area contributed by atoms with Gasteiger partial charge < -0.3 is 4.98 Å². The predicted molar refractivity (Wildman–Crippen MR) is 52.3 cm³/mol. The lowest BCUT2D eigenvalue weighted by Gasteiger charge is -1.97. The molecule has 0 radical (unpaired) electrons. The normalized spacial score (nSPS) is 11.4. The molecule has 0 saturated heterocycles. The summed E-state index contributed by atoms with van der Waals surface area (Å²) in [5.74, 6) is 0.0937. The van der Waals surface area contributed by atoms with E-state index in [0.29, 0.717) is 11.4 Å². The average molecular weight is 180 g/mol. The molecular formula is C10H13FN2. The topological polar surface area (TPSA) is 28.7 Å². The van der Waals surface area contributed by atoms with E-state index in [1.807, 2.05) is 6.07 Å². The van der Waals surface area contributed by atoms with E-state index in [0.717, 1.165) is 11.1 Å². The number of H-pyrrole nitrogens is 1. The van der Waals surface area contributed by atoms with Crippen LogP contribution in [0.3, 0.4) is 0 Å². The molecule has 2 nitrogen and oxygen atoms in total. The number of aromatic nitrogens is 2. The van der Waals surface area contributed by atoms with Crippen molar-refractivity contribution in [2.45, 2.75) is 19.8 Å². The first kappa shape index (κ1) is 8.23. The van der Waals surface area contributed by atoms with Gasteiger partial charge in [0.1, 0.15) is 0 Å². The van der Waals surface area contributed by atoms with Crippen molar-refractivity contribution in [1.82, 2.24) is 9.97 Å². The molecule has 3 heteroatoms. The molecule has 0 spiro atoms. The number of nitrogens with one attached hydrogen (secondary N) is 1. The van der Waals surface area contributed by atoms with Crippen LogP contribution in [-0.2, 0) is 0 Å². The highest BCUT2D eigenvalue weighted by Crippen LogP contribution is 2.21. The predicted octanol–water partition coefficient (Wildman–Crippen LogP) is 3.07. The van der Waals surface area contributed by atoms with E-state index in [-0.39, 0.29) is 7.24 Å². The van der Waals surface area contributed by atoms with Crippen LogP contribution in [0.5, 0.6) is 0 Å². The first-order valence-corrected chi connectivity index (χ1v) is 4.30. The van der Waals surface area contributed by atoms with Gasteiger partial charge in [0.25, 0.3) is 0 Å². The number of hydrogen-bond acceptors (Lipinski definition) is 1. The number of hydrogen-bond donors (Lipinski definition) is 1. The molecule has 2 aromatic rings. The van der Waals surface area contributed by atoms with Crippen LogP contribution in [0.25, 0.3) is 10.9 Å².